The van der Waals surface area contributed by atoms with E-state index in [-0.39, 0.29) is 18.3 Å². The van der Waals surface area contributed by atoms with E-state index in [4.69, 9.17) is 10.5 Å². The van der Waals surface area contributed by atoms with E-state index in [0.29, 0.717) is 28.6 Å². The number of rotatable bonds is 7. The molecule has 1 heterocycles. The van der Waals surface area contributed by atoms with Crippen molar-refractivity contribution in [3.8, 4) is 5.75 Å². The van der Waals surface area contributed by atoms with E-state index in [1.54, 1.807) is 36.4 Å². The fraction of sp³-hybridized carbons (Fsp3) is 0.0435. The molecule has 0 aliphatic rings. The maximum absolute atomic E-state index is 12.5. The summed E-state index contributed by atoms with van der Waals surface area (Å²) in [5.74, 6) is 1.40. The van der Waals surface area contributed by atoms with E-state index in [1.165, 1.54) is 0 Å². The smallest absolute Gasteiger partial charge is 0.232 e. The molecular weight excluding hydrogens is 378 g/mol. The molecule has 0 atom stereocenters. The van der Waals surface area contributed by atoms with E-state index in [1.807, 2.05) is 48.5 Å². The van der Waals surface area contributed by atoms with Crippen molar-refractivity contribution in [1.82, 2.24) is 15.0 Å². The molecule has 30 heavy (non-hydrogen) atoms. The molecule has 0 aliphatic heterocycles. The number of hydrogen-bond acceptors (Lipinski definition) is 7. The summed E-state index contributed by atoms with van der Waals surface area (Å²) >= 11 is 0. The van der Waals surface area contributed by atoms with Gasteiger partial charge in [-0.25, -0.2) is 0 Å². The molecule has 3 N–H and O–H groups in total. The maximum Gasteiger partial charge on any atom is 0.232 e. The van der Waals surface area contributed by atoms with Gasteiger partial charge in [0, 0.05) is 16.8 Å². The van der Waals surface area contributed by atoms with Gasteiger partial charge in [-0.1, -0.05) is 48.5 Å². The third-order valence-corrected chi connectivity index (χ3v) is 4.25. The van der Waals surface area contributed by atoms with Crippen molar-refractivity contribution in [3.63, 3.8) is 0 Å². The van der Waals surface area contributed by atoms with Crippen LogP contribution in [0.2, 0.25) is 0 Å². The monoisotopic (exact) mass is 397 g/mol. The zero-order chi connectivity index (χ0) is 20.8. The Morgan fingerprint density at radius 1 is 0.800 bits per heavy atom. The van der Waals surface area contributed by atoms with Crippen LogP contribution in [-0.2, 0) is 6.61 Å². The van der Waals surface area contributed by atoms with Crippen LogP contribution >= 0.6 is 0 Å². The normalized spacial score (nSPS) is 10.4. The lowest BCUT2D eigenvalue weighted by Crippen LogP contribution is -2.09. The highest BCUT2D eigenvalue weighted by Gasteiger charge is 2.09. The molecular formula is C23H19N5O2. The molecule has 0 saturated carbocycles. The number of nitrogens with two attached hydrogens (primary N) is 1. The summed E-state index contributed by atoms with van der Waals surface area (Å²) in [6.07, 6.45) is 0. The second kappa shape index (κ2) is 8.83. The molecule has 0 bridgehead atoms. The zero-order valence-corrected chi connectivity index (χ0v) is 16.0. The van der Waals surface area contributed by atoms with Crippen molar-refractivity contribution in [3.05, 3.63) is 102 Å². The average Bonchev–Trinajstić information content (AvgIpc) is 2.78. The van der Waals surface area contributed by atoms with Crippen molar-refractivity contribution in [2.24, 2.45) is 0 Å². The number of carbonyl (C=O) groups excluding carboxylic acids is 1. The van der Waals surface area contributed by atoms with Gasteiger partial charge in [-0.3, -0.25) is 4.79 Å². The van der Waals surface area contributed by atoms with Gasteiger partial charge in [0.1, 0.15) is 12.4 Å². The first-order valence-electron chi connectivity index (χ1n) is 9.32. The second-order valence-corrected chi connectivity index (χ2v) is 6.43. The lowest BCUT2D eigenvalue weighted by Gasteiger charge is -2.09. The number of hydrogen-bond donors (Lipinski definition) is 2. The van der Waals surface area contributed by atoms with Gasteiger partial charge < -0.3 is 15.8 Å². The first-order valence-corrected chi connectivity index (χ1v) is 9.32. The van der Waals surface area contributed by atoms with Crippen molar-refractivity contribution < 1.29 is 9.53 Å². The number of benzene rings is 3. The summed E-state index contributed by atoms with van der Waals surface area (Å²) in [4.78, 5) is 25.0. The number of carbonyl (C=O) groups is 1. The van der Waals surface area contributed by atoms with Gasteiger partial charge >= 0.3 is 0 Å². The van der Waals surface area contributed by atoms with Gasteiger partial charge in [0.05, 0.1) is 0 Å². The van der Waals surface area contributed by atoms with Crippen LogP contribution in [-0.4, -0.2) is 20.7 Å². The van der Waals surface area contributed by atoms with Crippen LogP contribution in [0.5, 0.6) is 5.75 Å². The van der Waals surface area contributed by atoms with Gasteiger partial charge in [0.2, 0.25) is 11.9 Å². The number of nitrogen functional groups attached to an aromatic ring is 1. The van der Waals surface area contributed by atoms with Crippen LogP contribution in [0.4, 0.5) is 17.6 Å². The highest BCUT2D eigenvalue weighted by atomic mass is 16.5. The molecule has 0 amide bonds. The van der Waals surface area contributed by atoms with E-state index >= 15 is 0 Å². The fourth-order valence-electron chi connectivity index (χ4n) is 2.82. The summed E-state index contributed by atoms with van der Waals surface area (Å²) in [6.45, 7) is 0.113. The molecule has 4 aromatic rings. The van der Waals surface area contributed by atoms with Gasteiger partial charge in [-0.15, -0.1) is 0 Å². The summed E-state index contributed by atoms with van der Waals surface area (Å²) in [7, 11) is 0. The SMILES string of the molecule is Nc1nc(COc2ccc(C(=O)c3ccccc3)cc2)nc(Nc2ccccc2)n1. The molecule has 0 unspecified atom stereocenters. The van der Waals surface area contributed by atoms with E-state index in [9.17, 15) is 4.79 Å². The topological polar surface area (TPSA) is 103 Å². The third-order valence-electron chi connectivity index (χ3n) is 4.25. The van der Waals surface area contributed by atoms with Gasteiger partial charge in [-0.2, -0.15) is 15.0 Å². The van der Waals surface area contributed by atoms with Crippen LogP contribution < -0.4 is 15.8 Å². The number of ketones is 1. The Balaban J connectivity index is 1.41. The Morgan fingerprint density at radius 3 is 2.13 bits per heavy atom. The molecule has 7 heteroatoms. The van der Waals surface area contributed by atoms with Crippen molar-refractivity contribution >= 4 is 23.4 Å². The Hall–Kier alpha value is -4.26. The number of anilines is 3. The molecule has 0 aliphatic carbocycles. The Bertz CT molecular complexity index is 1130. The predicted molar refractivity (Wildman–Crippen MR) is 115 cm³/mol. The minimum Gasteiger partial charge on any atom is -0.486 e. The first-order chi connectivity index (χ1) is 14.7. The van der Waals surface area contributed by atoms with Gasteiger partial charge in [-0.05, 0) is 36.4 Å². The van der Waals surface area contributed by atoms with Gasteiger partial charge in [0.25, 0.3) is 0 Å². The van der Waals surface area contributed by atoms with Crippen molar-refractivity contribution in [2.75, 3.05) is 11.1 Å². The summed E-state index contributed by atoms with van der Waals surface area (Å²) in [6, 6.07) is 25.6. The minimum absolute atomic E-state index is 0.0379. The molecule has 0 fully saturated rings. The van der Waals surface area contributed by atoms with E-state index in [2.05, 4.69) is 20.3 Å². The van der Waals surface area contributed by atoms with Crippen LogP contribution in [0.15, 0.2) is 84.9 Å². The molecule has 0 spiro atoms. The van der Waals surface area contributed by atoms with Crippen LogP contribution in [0.3, 0.4) is 0 Å². The quantitative estimate of drug-likeness (QED) is 0.454. The Morgan fingerprint density at radius 2 is 1.43 bits per heavy atom. The van der Waals surface area contributed by atoms with E-state index < -0.39 is 0 Å². The van der Waals surface area contributed by atoms with Crippen molar-refractivity contribution in [2.45, 2.75) is 6.61 Å². The standard InChI is InChI=1S/C23H19N5O2/c24-22-26-20(27-23(28-22)25-18-9-5-2-6-10-18)15-30-19-13-11-17(12-14-19)21(29)16-7-3-1-4-8-16/h1-14H,15H2,(H3,24,25,26,27,28). The first kappa shape index (κ1) is 19.1. The predicted octanol–water partition coefficient (Wildman–Crippen LogP) is 4.01. The summed E-state index contributed by atoms with van der Waals surface area (Å²) < 4.78 is 5.75. The maximum atomic E-state index is 12.5. The lowest BCUT2D eigenvalue weighted by atomic mass is 10.0. The molecule has 7 nitrogen and oxygen atoms in total. The van der Waals surface area contributed by atoms with Crippen molar-refractivity contribution in [1.29, 1.82) is 0 Å². The Labute approximate surface area is 173 Å². The molecule has 0 radical (unpaired) electrons. The van der Waals surface area contributed by atoms with Gasteiger partial charge in [0.15, 0.2) is 11.6 Å². The number of para-hydroxylation sites is 1. The number of aromatic nitrogens is 3. The van der Waals surface area contributed by atoms with Crippen LogP contribution in [0, 0.1) is 0 Å². The number of nitrogens with one attached hydrogen (secondary N) is 1. The summed E-state index contributed by atoms with van der Waals surface area (Å²) in [5, 5.41) is 3.08. The number of nitrogens with zero attached hydrogens (tertiary/aromatic N) is 3. The summed E-state index contributed by atoms with van der Waals surface area (Å²) in [5.41, 5.74) is 7.87. The number of ether oxygens (including phenoxy) is 1. The highest BCUT2D eigenvalue weighted by Crippen LogP contribution is 2.17. The highest BCUT2D eigenvalue weighted by molar-refractivity contribution is 6.08. The van der Waals surface area contributed by atoms with E-state index in [0.717, 1.165) is 5.69 Å². The van der Waals surface area contributed by atoms with Crippen LogP contribution in [0.1, 0.15) is 21.7 Å². The molecule has 3 aromatic carbocycles. The lowest BCUT2D eigenvalue weighted by molar-refractivity contribution is 0.103. The third kappa shape index (κ3) is 4.77. The molecule has 148 valence electrons. The average molecular weight is 397 g/mol. The second-order valence-electron chi connectivity index (χ2n) is 6.43. The fourth-order valence-corrected chi connectivity index (χ4v) is 2.82. The molecule has 1 aromatic heterocycles. The zero-order valence-electron chi connectivity index (χ0n) is 16.0. The minimum atomic E-state index is -0.0379. The Kier molecular flexibility index (Phi) is 5.61. The van der Waals surface area contributed by atoms with Crippen LogP contribution in [0.25, 0.3) is 0 Å². The molecule has 4 rings (SSSR count). The largest absolute Gasteiger partial charge is 0.486 e. The molecule has 0 saturated heterocycles.